The Morgan fingerprint density at radius 3 is 2.33 bits per heavy atom. The van der Waals surface area contributed by atoms with Gasteiger partial charge in [0.05, 0.1) is 36.3 Å². The Morgan fingerprint density at radius 2 is 1.63 bits per heavy atom. The van der Waals surface area contributed by atoms with Gasteiger partial charge in [0.15, 0.2) is 6.29 Å². The van der Waals surface area contributed by atoms with E-state index in [0.29, 0.717) is 12.2 Å². The van der Waals surface area contributed by atoms with Crippen LogP contribution >= 0.6 is 0 Å². The van der Waals surface area contributed by atoms with Gasteiger partial charge in [0.2, 0.25) is 5.91 Å². The van der Waals surface area contributed by atoms with Crippen LogP contribution < -0.4 is 11.0 Å². The Hall–Kier alpha value is -4.29. The number of carbonyl (C=O) groups excluding carboxylic acids is 1. The number of carboxylic acids is 1. The summed E-state index contributed by atoms with van der Waals surface area (Å²) >= 11 is 0. The van der Waals surface area contributed by atoms with Crippen molar-refractivity contribution in [2.24, 2.45) is 5.92 Å². The summed E-state index contributed by atoms with van der Waals surface area (Å²) < 4.78 is 15.1. The van der Waals surface area contributed by atoms with Crippen molar-refractivity contribution < 1.29 is 29.3 Å². The molecule has 0 radical (unpaired) electrons. The van der Waals surface area contributed by atoms with Crippen molar-refractivity contribution in [2.45, 2.75) is 63.8 Å². The minimum Gasteiger partial charge on any atom is -0.481 e. The molecule has 11 nitrogen and oxygen atoms in total. The molecule has 4 aromatic rings. The van der Waals surface area contributed by atoms with Gasteiger partial charge in [-0.25, -0.2) is 4.79 Å². The van der Waals surface area contributed by atoms with E-state index in [2.05, 4.69) is 22.1 Å². The molecular weight excluding hydrogens is 588 g/mol. The quantitative estimate of drug-likeness (QED) is 0.197. The van der Waals surface area contributed by atoms with E-state index in [1.165, 1.54) is 0 Å². The van der Waals surface area contributed by atoms with Crippen molar-refractivity contribution in [2.75, 3.05) is 25.0 Å². The number of carboxylic acid groups (broad SMARTS) is 1. The molecule has 2 saturated heterocycles. The van der Waals surface area contributed by atoms with Gasteiger partial charge in [-0.05, 0) is 48.2 Å². The van der Waals surface area contributed by atoms with Crippen LogP contribution in [0.25, 0.3) is 11.0 Å². The first kappa shape index (κ1) is 31.7. The van der Waals surface area contributed by atoms with Crippen molar-refractivity contribution in [1.82, 2.24) is 14.5 Å². The molecule has 0 aliphatic carbocycles. The lowest BCUT2D eigenvalue weighted by atomic mass is 9.89. The van der Waals surface area contributed by atoms with Crippen LogP contribution in [0.15, 0.2) is 77.6 Å². The highest BCUT2D eigenvalue weighted by Gasteiger charge is 2.39. The molecule has 4 atom stereocenters. The van der Waals surface area contributed by atoms with Gasteiger partial charge in [-0.3, -0.25) is 14.2 Å². The maximum absolute atomic E-state index is 12.8. The number of hydrogen-bond acceptors (Lipinski definition) is 7. The van der Waals surface area contributed by atoms with E-state index in [9.17, 15) is 19.5 Å². The minimum absolute atomic E-state index is 0.0259. The van der Waals surface area contributed by atoms with Gasteiger partial charge in [0, 0.05) is 49.3 Å². The molecule has 46 heavy (non-hydrogen) atoms. The van der Waals surface area contributed by atoms with E-state index in [-0.39, 0.29) is 55.2 Å². The summed E-state index contributed by atoms with van der Waals surface area (Å²) in [6, 6.07) is 23.0. The number of para-hydroxylation sites is 2. The number of H-pyrrole nitrogens is 1. The molecule has 0 bridgehead atoms. The zero-order valence-corrected chi connectivity index (χ0v) is 25.8. The SMILES string of the molecule is C[C@@H]1[C@H](CN2CCC(n3c(=O)[nH]c4ccccc43)CC2)O[C@H](c2ccc(NC(=O)CCC(=O)O)cc2)O[C@@H]1c1ccc(CO)cc1. The van der Waals surface area contributed by atoms with E-state index in [0.717, 1.165) is 53.7 Å². The fraction of sp³-hybridized carbons (Fsp3) is 0.400. The average molecular weight is 629 g/mol. The van der Waals surface area contributed by atoms with Gasteiger partial charge < -0.3 is 34.9 Å². The highest BCUT2D eigenvalue weighted by atomic mass is 16.7. The number of aromatic nitrogens is 2. The lowest BCUT2D eigenvalue weighted by molar-refractivity contribution is -0.276. The number of anilines is 1. The van der Waals surface area contributed by atoms with Gasteiger partial charge in [-0.1, -0.05) is 55.5 Å². The molecule has 2 aliphatic heterocycles. The van der Waals surface area contributed by atoms with E-state index in [4.69, 9.17) is 14.6 Å². The van der Waals surface area contributed by atoms with E-state index < -0.39 is 12.3 Å². The number of benzene rings is 3. The topological polar surface area (TPSA) is 146 Å². The minimum atomic E-state index is -1.02. The molecule has 11 heteroatoms. The second-order valence-corrected chi connectivity index (χ2v) is 12.2. The number of hydrogen-bond donors (Lipinski definition) is 4. The maximum atomic E-state index is 12.8. The Balaban J connectivity index is 1.16. The fourth-order valence-corrected chi connectivity index (χ4v) is 6.55. The Labute approximate surface area is 266 Å². The molecular formula is C35H40N4O7. The van der Waals surface area contributed by atoms with Crippen molar-refractivity contribution in [3.63, 3.8) is 0 Å². The van der Waals surface area contributed by atoms with Crippen LogP contribution in [-0.4, -0.2) is 62.3 Å². The van der Waals surface area contributed by atoms with E-state index in [1.54, 1.807) is 12.1 Å². The third kappa shape index (κ3) is 7.07. The standard InChI is InChI=1S/C35H40N4O7/c1-22-30(20-38-18-16-27(17-19-38)39-29-5-3-2-4-28(29)37-35(39)44)45-34(46-33(22)24-8-6-23(21-40)7-9-24)25-10-12-26(13-11-25)36-31(41)14-15-32(42)43/h2-13,22,27,30,33-34,40H,14-21H2,1H3,(H,36,41)(H,37,44)(H,42,43)/t22-,30+,33+,34+/m1/s1. The molecule has 1 aromatic heterocycles. The van der Waals surface area contributed by atoms with Crippen molar-refractivity contribution >= 4 is 28.6 Å². The lowest BCUT2D eigenvalue weighted by Crippen LogP contribution is -2.47. The zero-order chi connectivity index (χ0) is 32.2. The van der Waals surface area contributed by atoms with Gasteiger partial charge in [0.25, 0.3) is 0 Å². The number of aromatic amines is 1. The number of amides is 1. The first-order valence-electron chi connectivity index (χ1n) is 15.8. The third-order valence-corrected chi connectivity index (χ3v) is 9.14. The number of ether oxygens (including phenoxy) is 2. The van der Waals surface area contributed by atoms with Crippen LogP contribution in [0.5, 0.6) is 0 Å². The van der Waals surface area contributed by atoms with Crippen LogP contribution in [0.4, 0.5) is 5.69 Å². The number of rotatable bonds is 10. The summed E-state index contributed by atoms with van der Waals surface area (Å²) in [7, 11) is 0. The summed E-state index contributed by atoms with van der Waals surface area (Å²) in [5.41, 5.74) is 4.93. The third-order valence-electron chi connectivity index (χ3n) is 9.14. The highest BCUT2D eigenvalue weighted by Crippen LogP contribution is 2.42. The van der Waals surface area contributed by atoms with Crippen LogP contribution in [0.2, 0.25) is 0 Å². The van der Waals surface area contributed by atoms with Crippen LogP contribution in [-0.2, 0) is 25.7 Å². The first-order valence-corrected chi connectivity index (χ1v) is 15.8. The van der Waals surface area contributed by atoms with E-state index >= 15 is 0 Å². The lowest BCUT2D eigenvalue weighted by Gasteiger charge is -2.44. The summed E-state index contributed by atoms with van der Waals surface area (Å²) in [6.45, 7) is 4.48. The Kier molecular flexibility index (Phi) is 9.64. The predicted octanol–water partition coefficient (Wildman–Crippen LogP) is 4.75. The van der Waals surface area contributed by atoms with Crippen molar-refractivity contribution in [3.05, 3.63) is 100.0 Å². The zero-order valence-electron chi connectivity index (χ0n) is 25.8. The second kappa shape index (κ2) is 14.0. The second-order valence-electron chi connectivity index (χ2n) is 12.2. The number of piperidine rings is 1. The van der Waals surface area contributed by atoms with Crippen LogP contribution in [0, 0.1) is 5.92 Å². The number of nitrogens with one attached hydrogen (secondary N) is 2. The molecule has 0 spiro atoms. The maximum Gasteiger partial charge on any atom is 0.326 e. The molecule has 3 aromatic carbocycles. The molecule has 0 unspecified atom stereocenters. The average Bonchev–Trinajstić information content (AvgIpc) is 3.41. The van der Waals surface area contributed by atoms with Gasteiger partial charge in [-0.15, -0.1) is 0 Å². The van der Waals surface area contributed by atoms with E-state index in [1.807, 2.05) is 65.2 Å². The molecule has 2 aliphatic rings. The number of aliphatic hydroxyl groups excluding tert-OH is 1. The number of aliphatic carboxylic acids is 1. The van der Waals surface area contributed by atoms with Crippen molar-refractivity contribution in [1.29, 1.82) is 0 Å². The largest absolute Gasteiger partial charge is 0.481 e. The summed E-state index contributed by atoms with van der Waals surface area (Å²) in [4.78, 5) is 41.1. The number of fused-ring (bicyclic) bond motifs is 1. The van der Waals surface area contributed by atoms with Crippen LogP contribution in [0.1, 0.15) is 67.7 Å². The predicted molar refractivity (Wildman–Crippen MR) is 172 cm³/mol. The fourth-order valence-electron chi connectivity index (χ4n) is 6.55. The molecule has 1 amide bonds. The van der Waals surface area contributed by atoms with Gasteiger partial charge in [-0.2, -0.15) is 0 Å². The molecule has 3 heterocycles. The molecule has 6 rings (SSSR count). The summed E-state index contributed by atoms with van der Waals surface area (Å²) in [6.07, 6.45) is 0.328. The number of nitrogens with zero attached hydrogens (tertiary/aromatic N) is 2. The number of likely N-dealkylation sites (tertiary alicyclic amines) is 1. The molecule has 0 saturated carbocycles. The number of carbonyl (C=O) groups is 2. The normalized spacial score (nSPS) is 22.6. The summed E-state index contributed by atoms with van der Waals surface area (Å²) in [5.74, 6) is -1.35. The highest BCUT2D eigenvalue weighted by molar-refractivity contribution is 5.92. The Bertz CT molecular complexity index is 1710. The molecule has 242 valence electrons. The molecule has 2 fully saturated rings. The van der Waals surface area contributed by atoms with Gasteiger partial charge in [0.1, 0.15) is 0 Å². The first-order chi connectivity index (χ1) is 22.3. The monoisotopic (exact) mass is 628 g/mol. The number of aliphatic hydroxyl groups is 1. The Morgan fingerprint density at radius 1 is 0.935 bits per heavy atom. The smallest absolute Gasteiger partial charge is 0.326 e. The van der Waals surface area contributed by atoms with Gasteiger partial charge >= 0.3 is 11.7 Å². The number of imidazole rings is 1. The summed E-state index contributed by atoms with van der Waals surface area (Å²) in [5, 5.41) is 21.1. The van der Waals surface area contributed by atoms with Crippen molar-refractivity contribution in [3.8, 4) is 0 Å². The molecule has 4 N–H and O–H groups in total. The van der Waals surface area contributed by atoms with Crippen LogP contribution in [0.3, 0.4) is 0 Å².